The summed E-state index contributed by atoms with van der Waals surface area (Å²) >= 11 is 0. The summed E-state index contributed by atoms with van der Waals surface area (Å²) in [5, 5.41) is 6.53. The first-order chi connectivity index (χ1) is 10.2. The molecule has 0 fully saturated rings. The summed E-state index contributed by atoms with van der Waals surface area (Å²) in [4.78, 5) is 8.87. The molecule has 1 aromatic carbocycles. The minimum atomic E-state index is 0.643. The van der Waals surface area contributed by atoms with Gasteiger partial charge in [0.2, 0.25) is 5.95 Å². The van der Waals surface area contributed by atoms with E-state index in [0.717, 1.165) is 35.8 Å². The summed E-state index contributed by atoms with van der Waals surface area (Å²) in [5.74, 6) is 2.36. The molecular formula is C16H22N4O. The lowest BCUT2D eigenvalue weighted by atomic mass is 10.2. The van der Waals surface area contributed by atoms with Crippen molar-refractivity contribution in [2.75, 3.05) is 24.3 Å². The van der Waals surface area contributed by atoms with Gasteiger partial charge in [-0.15, -0.1) is 0 Å². The van der Waals surface area contributed by atoms with E-state index in [0.29, 0.717) is 12.5 Å². The molecule has 1 aromatic heterocycles. The first-order valence-corrected chi connectivity index (χ1v) is 7.17. The zero-order valence-corrected chi connectivity index (χ0v) is 12.8. The molecule has 5 nitrogen and oxygen atoms in total. The molecule has 0 aliphatic heterocycles. The summed E-state index contributed by atoms with van der Waals surface area (Å²) in [5.41, 5.74) is 2.10. The summed E-state index contributed by atoms with van der Waals surface area (Å²) in [7, 11) is 1.67. The Labute approximate surface area is 125 Å². The minimum absolute atomic E-state index is 0.643. The third kappa shape index (κ3) is 4.63. The van der Waals surface area contributed by atoms with Gasteiger partial charge >= 0.3 is 0 Å². The van der Waals surface area contributed by atoms with Crippen molar-refractivity contribution in [3.8, 4) is 5.75 Å². The second kappa shape index (κ2) is 7.47. The molecule has 0 radical (unpaired) electrons. The Morgan fingerprint density at radius 2 is 1.86 bits per heavy atom. The number of rotatable bonds is 7. The van der Waals surface area contributed by atoms with Gasteiger partial charge in [-0.1, -0.05) is 19.1 Å². The first-order valence-electron chi connectivity index (χ1n) is 7.17. The third-order valence-electron chi connectivity index (χ3n) is 3.02. The molecule has 1 heterocycles. The van der Waals surface area contributed by atoms with Crippen molar-refractivity contribution in [3.63, 3.8) is 0 Å². The summed E-state index contributed by atoms with van der Waals surface area (Å²) < 4.78 is 5.15. The van der Waals surface area contributed by atoms with E-state index in [4.69, 9.17) is 4.74 Å². The standard InChI is InChI=1S/C16H22N4O/c1-4-9-17-15-10-12(2)19-16(20-15)18-11-13-5-7-14(21-3)8-6-13/h5-8,10H,4,9,11H2,1-3H3,(H2,17,18,19,20). The van der Waals surface area contributed by atoms with Crippen LogP contribution in [0.5, 0.6) is 5.75 Å². The minimum Gasteiger partial charge on any atom is -0.497 e. The van der Waals surface area contributed by atoms with Gasteiger partial charge in [0.15, 0.2) is 0 Å². The monoisotopic (exact) mass is 286 g/mol. The van der Waals surface area contributed by atoms with Crippen molar-refractivity contribution in [2.24, 2.45) is 0 Å². The molecule has 5 heteroatoms. The molecule has 0 bridgehead atoms. The highest BCUT2D eigenvalue weighted by atomic mass is 16.5. The van der Waals surface area contributed by atoms with Crippen LogP contribution in [0.25, 0.3) is 0 Å². The van der Waals surface area contributed by atoms with Crippen molar-refractivity contribution >= 4 is 11.8 Å². The highest BCUT2D eigenvalue weighted by molar-refractivity contribution is 5.42. The molecule has 21 heavy (non-hydrogen) atoms. The molecule has 0 unspecified atom stereocenters. The predicted molar refractivity (Wildman–Crippen MR) is 85.9 cm³/mol. The van der Waals surface area contributed by atoms with Gasteiger partial charge in [0.1, 0.15) is 11.6 Å². The lowest BCUT2D eigenvalue weighted by molar-refractivity contribution is 0.414. The van der Waals surface area contributed by atoms with Crippen LogP contribution in [0.15, 0.2) is 30.3 Å². The molecule has 0 amide bonds. The topological polar surface area (TPSA) is 59.1 Å². The Bertz CT molecular complexity index is 569. The number of nitrogens with one attached hydrogen (secondary N) is 2. The molecule has 0 aliphatic carbocycles. The molecular weight excluding hydrogens is 264 g/mol. The van der Waals surface area contributed by atoms with E-state index in [1.807, 2.05) is 37.3 Å². The second-order valence-corrected chi connectivity index (χ2v) is 4.85. The highest BCUT2D eigenvalue weighted by Gasteiger charge is 2.02. The van der Waals surface area contributed by atoms with Crippen LogP contribution in [-0.4, -0.2) is 23.6 Å². The van der Waals surface area contributed by atoms with Gasteiger partial charge in [0.25, 0.3) is 0 Å². The van der Waals surface area contributed by atoms with Crippen LogP contribution in [0.1, 0.15) is 24.6 Å². The zero-order chi connectivity index (χ0) is 15.1. The zero-order valence-electron chi connectivity index (χ0n) is 12.8. The van der Waals surface area contributed by atoms with E-state index < -0.39 is 0 Å². The number of ether oxygens (including phenoxy) is 1. The molecule has 0 saturated heterocycles. The van der Waals surface area contributed by atoms with E-state index in [-0.39, 0.29) is 0 Å². The van der Waals surface area contributed by atoms with Crippen LogP contribution >= 0.6 is 0 Å². The Hall–Kier alpha value is -2.30. The second-order valence-electron chi connectivity index (χ2n) is 4.85. The van der Waals surface area contributed by atoms with E-state index in [2.05, 4.69) is 27.5 Å². The number of aryl methyl sites for hydroxylation is 1. The van der Waals surface area contributed by atoms with E-state index in [9.17, 15) is 0 Å². The van der Waals surface area contributed by atoms with E-state index in [1.54, 1.807) is 7.11 Å². The number of nitrogens with zero attached hydrogens (tertiary/aromatic N) is 2. The molecule has 0 spiro atoms. The van der Waals surface area contributed by atoms with Crippen LogP contribution in [0.3, 0.4) is 0 Å². The van der Waals surface area contributed by atoms with Gasteiger partial charge in [-0.05, 0) is 31.0 Å². The van der Waals surface area contributed by atoms with Gasteiger partial charge in [-0.3, -0.25) is 0 Å². The first kappa shape index (κ1) is 15.1. The summed E-state index contributed by atoms with van der Waals surface area (Å²) in [6.07, 6.45) is 1.07. The van der Waals surface area contributed by atoms with Gasteiger partial charge in [0.05, 0.1) is 7.11 Å². The molecule has 0 atom stereocenters. The van der Waals surface area contributed by atoms with Crippen LogP contribution in [0.2, 0.25) is 0 Å². The van der Waals surface area contributed by atoms with Crippen LogP contribution in [0, 0.1) is 6.92 Å². The van der Waals surface area contributed by atoms with Crippen molar-refractivity contribution < 1.29 is 4.74 Å². The number of methoxy groups -OCH3 is 1. The van der Waals surface area contributed by atoms with Gasteiger partial charge in [-0.2, -0.15) is 4.98 Å². The lowest BCUT2D eigenvalue weighted by Crippen LogP contribution is -2.08. The predicted octanol–water partition coefficient (Wildman–Crippen LogP) is 3.23. The molecule has 0 saturated carbocycles. The summed E-state index contributed by atoms with van der Waals surface area (Å²) in [6.45, 7) is 5.69. The Balaban J connectivity index is 1.99. The third-order valence-corrected chi connectivity index (χ3v) is 3.02. The van der Waals surface area contributed by atoms with Crippen LogP contribution in [-0.2, 0) is 6.54 Å². The number of anilines is 2. The maximum atomic E-state index is 5.15. The number of aromatic nitrogens is 2. The number of hydrogen-bond donors (Lipinski definition) is 2. The SMILES string of the molecule is CCCNc1cc(C)nc(NCc2ccc(OC)cc2)n1. The van der Waals surface area contributed by atoms with Crippen molar-refractivity contribution in [2.45, 2.75) is 26.8 Å². The maximum Gasteiger partial charge on any atom is 0.225 e. The van der Waals surface area contributed by atoms with Crippen LogP contribution < -0.4 is 15.4 Å². The Morgan fingerprint density at radius 3 is 2.52 bits per heavy atom. The van der Waals surface area contributed by atoms with E-state index >= 15 is 0 Å². The van der Waals surface area contributed by atoms with Gasteiger partial charge in [-0.25, -0.2) is 4.98 Å². The molecule has 112 valence electrons. The number of benzene rings is 1. The Morgan fingerprint density at radius 1 is 1.10 bits per heavy atom. The lowest BCUT2D eigenvalue weighted by Gasteiger charge is -2.09. The maximum absolute atomic E-state index is 5.15. The fraction of sp³-hybridized carbons (Fsp3) is 0.375. The molecule has 2 aromatic rings. The summed E-state index contributed by atoms with van der Waals surface area (Å²) in [6, 6.07) is 9.90. The average molecular weight is 286 g/mol. The molecule has 0 aliphatic rings. The quantitative estimate of drug-likeness (QED) is 0.818. The van der Waals surface area contributed by atoms with Crippen molar-refractivity contribution in [1.29, 1.82) is 0 Å². The average Bonchev–Trinajstić information content (AvgIpc) is 2.51. The van der Waals surface area contributed by atoms with E-state index in [1.165, 1.54) is 0 Å². The van der Waals surface area contributed by atoms with Gasteiger partial charge in [0, 0.05) is 24.8 Å². The smallest absolute Gasteiger partial charge is 0.225 e. The fourth-order valence-electron chi connectivity index (χ4n) is 1.92. The van der Waals surface area contributed by atoms with Crippen molar-refractivity contribution in [3.05, 3.63) is 41.6 Å². The largest absolute Gasteiger partial charge is 0.497 e. The number of hydrogen-bond acceptors (Lipinski definition) is 5. The highest BCUT2D eigenvalue weighted by Crippen LogP contribution is 2.13. The normalized spacial score (nSPS) is 10.2. The van der Waals surface area contributed by atoms with Crippen LogP contribution in [0.4, 0.5) is 11.8 Å². The fourth-order valence-corrected chi connectivity index (χ4v) is 1.92. The molecule has 2 rings (SSSR count). The van der Waals surface area contributed by atoms with Gasteiger partial charge < -0.3 is 15.4 Å². The van der Waals surface area contributed by atoms with Crippen molar-refractivity contribution in [1.82, 2.24) is 9.97 Å². The molecule has 2 N–H and O–H groups in total. The Kier molecular flexibility index (Phi) is 5.37.